The summed E-state index contributed by atoms with van der Waals surface area (Å²) < 4.78 is 0. The first-order valence-corrected chi connectivity index (χ1v) is 9.55. The second-order valence-electron chi connectivity index (χ2n) is 7.09. The number of hydrogen-bond donors (Lipinski definition) is 2. The van der Waals surface area contributed by atoms with Gasteiger partial charge in [-0.05, 0) is 64.2 Å². The molecule has 0 atom stereocenters. The monoisotopic (exact) mass is 329 g/mol. The van der Waals surface area contributed by atoms with Crippen LogP contribution in [0.1, 0.15) is 62.5 Å². The van der Waals surface area contributed by atoms with E-state index in [1.165, 1.54) is 56.6 Å². The number of unbranched alkanes of at least 4 members (excludes halogenated alkanes) is 3. The molecule has 0 unspecified atom stereocenters. The van der Waals surface area contributed by atoms with Gasteiger partial charge in [-0.3, -0.25) is 0 Å². The van der Waals surface area contributed by atoms with Gasteiger partial charge in [0.05, 0.1) is 5.52 Å². The Kier molecular flexibility index (Phi) is 5.72. The topological polar surface area (TPSA) is 70.8 Å². The van der Waals surface area contributed by atoms with Gasteiger partial charge < -0.3 is 15.6 Å². The van der Waals surface area contributed by atoms with E-state index in [2.05, 4.69) is 28.7 Å². The number of anilines is 1. The van der Waals surface area contributed by atoms with Gasteiger partial charge in [0.2, 0.25) is 0 Å². The van der Waals surface area contributed by atoms with E-state index in [9.17, 15) is 0 Å². The minimum atomic E-state index is 0.596. The van der Waals surface area contributed by atoms with Gasteiger partial charge in [0.15, 0.2) is 5.82 Å². The van der Waals surface area contributed by atoms with E-state index >= 15 is 0 Å². The molecular formula is C19H31N5. The zero-order chi connectivity index (χ0) is 16.9. The first-order chi connectivity index (χ1) is 11.7. The Morgan fingerprint density at radius 3 is 2.62 bits per heavy atom. The number of H-pyrrole nitrogens is 1. The average molecular weight is 329 g/mol. The van der Waals surface area contributed by atoms with Crippen LogP contribution in [0.3, 0.4) is 0 Å². The van der Waals surface area contributed by atoms with E-state index < -0.39 is 0 Å². The number of nitrogens with one attached hydrogen (secondary N) is 1. The Morgan fingerprint density at radius 2 is 1.92 bits per heavy atom. The maximum Gasteiger partial charge on any atom is 0.151 e. The molecule has 3 rings (SSSR count). The maximum atomic E-state index is 6.15. The van der Waals surface area contributed by atoms with Gasteiger partial charge in [-0.1, -0.05) is 19.8 Å². The lowest BCUT2D eigenvalue weighted by molar-refractivity contribution is 0.178. The number of nitrogens with zero attached hydrogens (tertiary/aromatic N) is 3. The minimum absolute atomic E-state index is 0.596. The lowest BCUT2D eigenvalue weighted by atomic mass is 10.1. The summed E-state index contributed by atoms with van der Waals surface area (Å²) in [6, 6.07) is 0. The maximum absolute atomic E-state index is 6.15. The molecule has 1 aliphatic rings. The average Bonchev–Trinajstić information content (AvgIpc) is 2.83. The smallest absolute Gasteiger partial charge is 0.151 e. The van der Waals surface area contributed by atoms with Crippen molar-refractivity contribution in [2.45, 2.75) is 65.2 Å². The largest absolute Gasteiger partial charge is 0.382 e. The molecule has 0 aromatic carbocycles. The first kappa shape index (κ1) is 17.2. The molecule has 1 fully saturated rings. The quantitative estimate of drug-likeness (QED) is 0.689. The standard InChI is InChI=1S/C19H31N5/c1-3-4-10-16-22-17-15(14(2)21-18(17)19(20)23-16)9-6-5-7-11-24-12-8-13-24/h21H,3-13H2,1-2H3,(H2,20,22,23). The van der Waals surface area contributed by atoms with Crippen molar-refractivity contribution >= 4 is 16.9 Å². The molecule has 5 heteroatoms. The molecule has 2 aromatic rings. The molecule has 1 aliphatic heterocycles. The normalized spacial score (nSPS) is 15.1. The van der Waals surface area contributed by atoms with E-state index in [0.29, 0.717) is 5.82 Å². The predicted molar refractivity (Wildman–Crippen MR) is 100 cm³/mol. The Morgan fingerprint density at radius 1 is 1.08 bits per heavy atom. The van der Waals surface area contributed by atoms with Crippen molar-refractivity contribution in [3.05, 3.63) is 17.1 Å². The van der Waals surface area contributed by atoms with Crippen molar-refractivity contribution in [2.75, 3.05) is 25.4 Å². The highest BCUT2D eigenvalue weighted by Crippen LogP contribution is 2.26. The van der Waals surface area contributed by atoms with Crippen LogP contribution in [0.15, 0.2) is 0 Å². The van der Waals surface area contributed by atoms with Gasteiger partial charge in [-0.15, -0.1) is 0 Å². The zero-order valence-electron chi connectivity index (χ0n) is 15.2. The van der Waals surface area contributed by atoms with Gasteiger partial charge in [-0.2, -0.15) is 0 Å². The number of rotatable bonds is 9. The summed E-state index contributed by atoms with van der Waals surface area (Å²) in [6.07, 6.45) is 9.45. The molecule has 1 saturated heterocycles. The highest BCUT2D eigenvalue weighted by atomic mass is 15.2. The summed E-state index contributed by atoms with van der Waals surface area (Å²) in [5.41, 5.74) is 10.7. The van der Waals surface area contributed by atoms with Crippen LogP contribution in [-0.2, 0) is 12.8 Å². The van der Waals surface area contributed by atoms with Crippen molar-refractivity contribution in [1.29, 1.82) is 0 Å². The highest BCUT2D eigenvalue weighted by Gasteiger charge is 2.15. The molecule has 0 radical (unpaired) electrons. The highest BCUT2D eigenvalue weighted by molar-refractivity contribution is 5.88. The summed E-state index contributed by atoms with van der Waals surface area (Å²) in [5.74, 6) is 1.48. The fraction of sp³-hybridized carbons (Fsp3) is 0.684. The molecule has 132 valence electrons. The molecule has 0 bridgehead atoms. The van der Waals surface area contributed by atoms with E-state index in [0.717, 1.165) is 42.5 Å². The third-order valence-electron chi connectivity index (χ3n) is 5.14. The fourth-order valence-corrected chi connectivity index (χ4v) is 3.48. The molecule has 2 aromatic heterocycles. The predicted octanol–water partition coefficient (Wildman–Crippen LogP) is 3.61. The third-order valence-corrected chi connectivity index (χ3v) is 5.14. The van der Waals surface area contributed by atoms with Crippen molar-refractivity contribution in [3.8, 4) is 0 Å². The van der Waals surface area contributed by atoms with Crippen LogP contribution in [0, 0.1) is 6.92 Å². The second kappa shape index (κ2) is 7.97. The number of aryl methyl sites for hydroxylation is 3. The summed E-state index contributed by atoms with van der Waals surface area (Å²) >= 11 is 0. The Balaban J connectivity index is 1.64. The fourth-order valence-electron chi connectivity index (χ4n) is 3.48. The molecule has 0 spiro atoms. The van der Waals surface area contributed by atoms with Crippen molar-refractivity contribution < 1.29 is 0 Å². The van der Waals surface area contributed by atoms with Gasteiger partial charge in [-0.25, -0.2) is 9.97 Å². The molecule has 0 amide bonds. The number of hydrogen-bond acceptors (Lipinski definition) is 4. The lowest BCUT2D eigenvalue weighted by Crippen LogP contribution is -2.37. The first-order valence-electron chi connectivity index (χ1n) is 9.55. The Labute approximate surface area is 145 Å². The van der Waals surface area contributed by atoms with Gasteiger partial charge in [0.25, 0.3) is 0 Å². The number of aromatic nitrogens is 3. The van der Waals surface area contributed by atoms with Crippen LogP contribution in [-0.4, -0.2) is 39.5 Å². The number of likely N-dealkylation sites (tertiary alicyclic amines) is 1. The number of nitrogen functional groups attached to an aromatic ring is 1. The van der Waals surface area contributed by atoms with Crippen LogP contribution in [0.25, 0.3) is 11.0 Å². The van der Waals surface area contributed by atoms with Crippen molar-refractivity contribution in [3.63, 3.8) is 0 Å². The Bertz CT molecular complexity index is 672. The van der Waals surface area contributed by atoms with Gasteiger partial charge in [0, 0.05) is 12.1 Å². The van der Waals surface area contributed by atoms with Crippen LogP contribution in [0.4, 0.5) is 5.82 Å². The molecule has 3 N–H and O–H groups in total. The molecule has 3 heterocycles. The van der Waals surface area contributed by atoms with E-state index in [1.54, 1.807) is 0 Å². The van der Waals surface area contributed by atoms with E-state index in [-0.39, 0.29) is 0 Å². The lowest BCUT2D eigenvalue weighted by Gasteiger charge is -2.30. The van der Waals surface area contributed by atoms with Crippen LogP contribution in [0.5, 0.6) is 0 Å². The van der Waals surface area contributed by atoms with E-state index in [4.69, 9.17) is 10.7 Å². The van der Waals surface area contributed by atoms with Crippen molar-refractivity contribution in [1.82, 2.24) is 19.9 Å². The van der Waals surface area contributed by atoms with Crippen LogP contribution < -0.4 is 5.73 Å². The summed E-state index contributed by atoms with van der Waals surface area (Å²) in [5, 5.41) is 0. The SMILES string of the molecule is CCCCc1nc(N)c2[nH]c(C)c(CCCCCN3CCC3)c2n1. The van der Waals surface area contributed by atoms with Crippen LogP contribution in [0.2, 0.25) is 0 Å². The third kappa shape index (κ3) is 3.89. The summed E-state index contributed by atoms with van der Waals surface area (Å²) in [7, 11) is 0. The summed E-state index contributed by atoms with van der Waals surface area (Å²) in [6.45, 7) is 8.19. The number of fused-ring (bicyclic) bond motifs is 1. The van der Waals surface area contributed by atoms with E-state index in [1.807, 2.05) is 0 Å². The molecule has 5 nitrogen and oxygen atoms in total. The Hall–Kier alpha value is -1.62. The summed E-state index contributed by atoms with van der Waals surface area (Å²) in [4.78, 5) is 15.2. The molecule has 24 heavy (non-hydrogen) atoms. The van der Waals surface area contributed by atoms with Gasteiger partial charge >= 0.3 is 0 Å². The molecular weight excluding hydrogens is 298 g/mol. The van der Waals surface area contributed by atoms with Crippen molar-refractivity contribution in [2.24, 2.45) is 0 Å². The molecule has 0 saturated carbocycles. The minimum Gasteiger partial charge on any atom is -0.382 e. The van der Waals surface area contributed by atoms with Gasteiger partial charge in [0.1, 0.15) is 11.3 Å². The molecule has 0 aliphatic carbocycles. The number of nitrogens with two attached hydrogens (primary N) is 1. The number of aromatic amines is 1. The zero-order valence-corrected chi connectivity index (χ0v) is 15.2. The van der Waals surface area contributed by atoms with Crippen LogP contribution >= 0.6 is 0 Å². The second-order valence-corrected chi connectivity index (χ2v) is 7.09.